The molecule has 0 fully saturated rings. The standard InChI is InChI=1S/C4H11I4NSi2/c1-4(2,3)9(10(5)6)11(7)8/h10-11H,1-3H3. The zero-order valence-corrected chi connectivity index (χ0v) is 17.6. The summed E-state index contributed by atoms with van der Waals surface area (Å²) in [5.74, 6) is 0. The zero-order valence-electron chi connectivity index (χ0n) is 6.61. The van der Waals surface area contributed by atoms with Gasteiger partial charge in [0, 0.05) is 5.54 Å². The molecular formula is C4H11I4NSi2. The predicted octanol–water partition coefficient (Wildman–Crippen LogP) is 3.26. The van der Waals surface area contributed by atoms with Gasteiger partial charge in [-0.05, 0) is 20.8 Å². The van der Waals surface area contributed by atoms with Crippen molar-refractivity contribution in [3.8, 4) is 0 Å². The third-order valence-corrected chi connectivity index (χ3v) is 19.9. The van der Waals surface area contributed by atoms with Crippen LogP contribution in [0.3, 0.4) is 0 Å². The van der Waals surface area contributed by atoms with E-state index in [-0.39, 0.29) is 0 Å². The molecule has 0 aromatic carbocycles. The van der Waals surface area contributed by atoms with Crippen LogP contribution in [-0.4, -0.2) is 17.7 Å². The van der Waals surface area contributed by atoms with Crippen molar-refractivity contribution in [1.82, 2.24) is 4.23 Å². The van der Waals surface area contributed by atoms with Gasteiger partial charge >= 0.3 is 0 Å². The summed E-state index contributed by atoms with van der Waals surface area (Å²) < 4.78 is 1.45. The van der Waals surface area contributed by atoms with Crippen molar-refractivity contribution in [3.63, 3.8) is 0 Å². The minimum absolute atomic E-state index is 0.387. The van der Waals surface area contributed by atoms with Gasteiger partial charge in [-0.1, -0.05) is 87.2 Å². The summed E-state index contributed by atoms with van der Waals surface area (Å²) >= 11 is 10.5. The lowest BCUT2D eigenvalue weighted by atomic mass is 10.1. The molecule has 0 saturated heterocycles. The molecule has 0 atom stereocenters. The Morgan fingerprint density at radius 2 is 1.18 bits per heavy atom. The van der Waals surface area contributed by atoms with Gasteiger partial charge < -0.3 is 4.23 Å². The number of hydrogen-bond donors (Lipinski definition) is 0. The number of rotatable bonds is 2. The average Bonchev–Trinajstić information content (AvgIpc) is 1.54. The molecule has 0 saturated carbocycles. The fourth-order valence-electron chi connectivity index (χ4n) is 0.671. The van der Waals surface area contributed by atoms with Gasteiger partial charge in [-0.3, -0.25) is 0 Å². The monoisotopic (exact) mass is 637 g/mol. The van der Waals surface area contributed by atoms with E-state index in [9.17, 15) is 0 Å². The molecule has 0 bridgehead atoms. The molecule has 0 amide bonds. The molecule has 0 N–H and O–H groups in total. The molecule has 1 nitrogen and oxygen atoms in total. The highest BCUT2D eigenvalue weighted by Gasteiger charge is 2.31. The van der Waals surface area contributed by atoms with E-state index < -0.39 is 7.90 Å². The van der Waals surface area contributed by atoms with Gasteiger partial charge in [-0.2, -0.15) is 0 Å². The zero-order chi connectivity index (χ0) is 9.23. The van der Waals surface area contributed by atoms with Crippen LogP contribution in [0.5, 0.6) is 0 Å². The van der Waals surface area contributed by atoms with Crippen molar-refractivity contribution in [2.24, 2.45) is 0 Å². The number of halogens is 4. The van der Waals surface area contributed by atoms with Crippen LogP contribution in [0.1, 0.15) is 20.8 Å². The Morgan fingerprint density at radius 3 is 1.18 bits per heavy atom. The van der Waals surface area contributed by atoms with Crippen molar-refractivity contribution < 1.29 is 0 Å². The Bertz CT molecular complexity index is 116. The lowest BCUT2D eigenvalue weighted by Gasteiger charge is -2.38. The van der Waals surface area contributed by atoms with Gasteiger partial charge in [0.1, 0.15) is 0 Å². The first-order chi connectivity index (χ1) is 4.76. The van der Waals surface area contributed by atoms with Crippen LogP contribution in [-0.2, 0) is 0 Å². The Labute approximate surface area is 123 Å². The summed E-state index contributed by atoms with van der Waals surface area (Å²) in [6.07, 6.45) is 0. The molecule has 0 aliphatic rings. The summed E-state index contributed by atoms with van der Waals surface area (Å²) in [5.41, 5.74) is 0.387. The van der Waals surface area contributed by atoms with E-state index in [1.54, 1.807) is 0 Å². The van der Waals surface area contributed by atoms with E-state index in [2.05, 4.69) is 112 Å². The third kappa shape index (κ3) is 5.69. The molecule has 68 valence electrons. The minimum Gasteiger partial charge on any atom is -0.314 e. The predicted molar refractivity (Wildman–Crippen MR) is 92.0 cm³/mol. The maximum Gasteiger partial charge on any atom is 0.243 e. The fourth-order valence-corrected chi connectivity index (χ4v) is 46.3. The largest absolute Gasteiger partial charge is 0.314 e. The van der Waals surface area contributed by atoms with Gasteiger partial charge in [-0.15, -0.1) is 0 Å². The summed E-state index contributed by atoms with van der Waals surface area (Å²) in [6.45, 7) is 6.96. The van der Waals surface area contributed by atoms with Crippen LogP contribution in [0.15, 0.2) is 0 Å². The van der Waals surface area contributed by atoms with E-state index in [0.717, 1.165) is 0 Å². The molecule has 0 unspecified atom stereocenters. The molecule has 0 aromatic heterocycles. The first-order valence-corrected chi connectivity index (χ1v) is 20.8. The molecule has 0 rings (SSSR count). The Morgan fingerprint density at radius 1 is 0.909 bits per heavy atom. The smallest absolute Gasteiger partial charge is 0.243 e. The van der Waals surface area contributed by atoms with Crippen molar-refractivity contribution in [2.45, 2.75) is 26.3 Å². The quantitative estimate of drug-likeness (QED) is 0.256. The molecule has 0 spiro atoms. The van der Waals surface area contributed by atoms with E-state index in [0.29, 0.717) is 5.54 Å². The maximum atomic E-state index is 2.75. The molecule has 0 aliphatic carbocycles. The van der Waals surface area contributed by atoms with Crippen LogP contribution < -0.4 is 0 Å². The summed E-state index contributed by atoms with van der Waals surface area (Å²) in [6, 6.07) is 0. The summed E-state index contributed by atoms with van der Waals surface area (Å²) in [4.78, 5) is 0. The third-order valence-electron chi connectivity index (χ3n) is 1.20. The SMILES string of the molecule is CC(C)(C)N([SiH](I)I)[SiH](I)I. The van der Waals surface area contributed by atoms with E-state index in [1.807, 2.05) is 0 Å². The Hall–Kier alpha value is 3.31. The van der Waals surface area contributed by atoms with Gasteiger partial charge in [0.05, 0.1) is 0 Å². The van der Waals surface area contributed by atoms with Crippen LogP contribution >= 0.6 is 87.2 Å². The second kappa shape index (κ2) is 6.02. The van der Waals surface area contributed by atoms with Gasteiger partial charge in [-0.25, -0.2) is 0 Å². The van der Waals surface area contributed by atoms with Crippen molar-refractivity contribution in [2.75, 3.05) is 0 Å². The van der Waals surface area contributed by atoms with Crippen LogP contribution in [0.25, 0.3) is 0 Å². The molecule has 0 aromatic rings. The van der Waals surface area contributed by atoms with E-state index in [4.69, 9.17) is 0 Å². The molecule has 11 heavy (non-hydrogen) atoms. The van der Waals surface area contributed by atoms with Crippen LogP contribution in [0, 0.1) is 0 Å². The van der Waals surface area contributed by atoms with Crippen molar-refractivity contribution >= 4 is 95.1 Å². The van der Waals surface area contributed by atoms with E-state index >= 15 is 0 Å². The normalized spacial score (nSPS) is 13.6. The number of nitrogens with zero attached hydrogens (tertiary/aromatic N) is 1. The van der Waals surface area contributed by atoms with Crippen molar-refractivity contribution in [3.05, 3.63) is 0 Å². The molecule has 0 aliphatic heterocycles. The second-order valence-corrected chi connectivity index (χ2v) is 34.4. The fraction of sp³-hybridized carbons (Fsp3) is 1.00. The first-order valence-electron chi connectivity index (χ1n) is 3.11. The van der Waals surface area contributed by atoms with Gasteiger partial charge in [0.25, 0.3) is 0 Å². The molecule has 7 heteroatoms. The highest BCUT2D eigenvalue weighted by molar-refractivity contribution is 14.3. The average molecular weight is 637 g/mol. The Kier molecular flexibility index (Phi) is 7.83. The van der Waals surface area contributed by atoms with Crippen molar-refractivity contribution in [1.29, 1.82) is 0 Å². The lowest BCUT2D eigenvalue weighted by molar-refractivity contribution is 0.385. The molecule has 0 heterocycles. The second-order valence-electron chi connectivity index (χ2n) is 3.13. The maximum absolute atomic E-state index is 2.75. The highest BCUT2D eigenvalue weighted by atomic mass is 127. The molecule has 0 radical (unpaired) electrons. The summed E-state index contributed by atoms with van der Waals surface area (Å²) in [5, 5.41) is 0. The van der Waals surface area contributed by atoms with Gasteiger partial charge in [0.2, 0.25) is 7.90 Å². The topological polar surface area (TPSA) is 3.24 Å². The number of hydrogen-bond acceptors (Lipinski definition) is 1. The van der Waals surface area contributed by atoms with E-state index in [1.165, 1.54) is 0 Å². The first kappa shape index (κ1) is 14.3. The Balaban J connectivity index is 4.35. The molecular weight excluding hydrogens is 626 g/mol. The van der Waals surface area contributed by atoms with Crippen LogP contribution in [0.4, 0.5) is 0 Å². The lowest BCUT2D eigenvalue weighted by Crippen LogP contribution is -2.50. The minimum atomic E-state index is -0.648. The highest BCUT2D eigenvalue weighted by Crippen LogP contribution is 2.28. The summed E-state index contributed by atoms with van der Waals surface area (Å²) in [7, 11) is 0. The van der Waals surface area contributed by atoms with Crippen LogP contribution in [0.2, 0.25) is 0 Å². The van der Waals surface area contributed by atoms with Gasteiger partial charge in [0.15, 0.2) is 0 Å².